The van der Waals surface area contributed by atoms with E-state index in [0.29, 0.717) is 32.3 Å². The number of ketones is 1. The molecule has 0 radical (unpaired) electrons. The molecule has 0 atom stereocenters. The normalized spacial score (nSPS) is 12.3. The molecular weight excluding hydrogens is 256 g/mol. The summed E-state index contributed by atoms with van der Waals surface area (Å²) in [4.78, 5) is 22.5. The minimum atomic E-state index is -0.531. The summed E-state index contributed by atoms with van der Waals surface area (Å²) in [5, 5.41) is 0. The number of esters is 1. The Hall–Kier alpha value is -0.900. The third kappa shape index (κ3) is 9.96. The average molecular weight is 286 g/mol. The Morgan fingerprint density at radius 3 is 2.10 bits per heavy atom. The predicted octanol–water partition coefficient (Wildman–Crippen LogP) is 3.66. The van der Waals surface area contributed by atoms with Crippen LogP contribution in [0, 0.1) is 0 Å². The molecule has 0 aromatic rings. The van der Waals surface area contributed by atoms with Gasteiger partial charge in [-0.1, -0.05) is 6.92 Å². The first-order chi connectivity index (χ1) is 9.08. The number of carbonyl (C=O) groups excluding carboxylic acids is 2. The van der Waals surface area contributed by atoms with Gasteiger partial charge in [-0.15, -0.1) is 0 Å². The van der Waals surface area contributed by atoms with Crippen molar-refractivity contribution >= 4 is 11.8 Å². The smallest absolute Gasteiger partial charge is 0.306 e. The molecular formula is C16H30O4. The van der Waals surface area contributed by atoms with Gasteiger partial charge < -0.3 is 14.3 Å². The quantitative estimate of drug-likeness (QED) is 0.575. The molecule has 0 aliphatic heterocycles. The van der Waals surface area contributed by atoms with Crippen molar-refractivity contribution in [1.29, 1.82) is 0 Å². The van der Waals surface area contributed by atoms with Gasteiger partial charge in [-0.2, -0.15) is 0 Å². The molecule has 0 saturated carbocycles. The minimum Gasteiger partial charge on any atom is -0.460 e. The average Bonchev–Trinajstić information content (AvgIpc) is 2.27. The van der Waals surface area contributed by atoms with Crippen molar-refractivity contribution in [2.24, 2.45) is 0 Å². The SMILES string of the molecule is CCC(C)(C)OCCC(C)(C)OC(=O)CCCC(C)=O. The summed E-state index contributed by atoms with van der Waals surface area (Å²) in [5.74, 6) is -0.141. The first-order valence-corrected chi connectivity index (χ1v) is 7.43. The third-order valence-electron chi connectivity index (χ3n) is 3.35. The summed E-state index contributed by atoms with van der Waals surface area (Å²) < 4.78 is 11.2. The maximum Gasteiger partial charge on any atom is 0.306 e. The molecule has 20 heavy (non-hydrogen) atoms. The number of carbonyl (C=O) groups is 2. The van der Waals surface area contributed by atoms with Crippen molar-refractivity contribution in [3.63, 3.8) is 0 Å². The molecule has 0 saturated heterocycles. The zero-order valence-electron chi connectivity index (χ0n) is 13.9. The van der Waals surface area contributed by atoms with Crippen LogP contribution in [0.15, 0.2) is 0 Å². The highest BCUT2D eigenvalue weighted by atomic mass is 16.6. The van der Waals surface area contributed by atoms with Crippen molar-refractivity contribution in [1.82, 2.24) is 0 Å². The van der Waals surface area contributed by atoms with E-state index in [1.54, 1.807) is 0 Å². The molecule has 0 N–H and O–H groups in total. The fourth-order valence-corrected chi connectivity index (χ4v) is 1.57. The number of Topliss-reactive ketones (excluding diaryl/α,β-unsaturated/α-hetero) is 1. The van der Waals surface area contributed by atoms with Gasteiger partial charge in [0.1, 0.15) is 11.4 Å². The van der Waals surface area contributed by atoms with Gasteiger partial charge in [0.05, 0.1) is 12.2 Å². The van der Waals surface area contributed by atoms with Crippen LogP contribution in [-0.4, -0.2) is 29.6 Å². The third-order valence-corrected chi connectivity index (χ3v) is 3.35. The molecule has 4 nitrogen and oxygen atoms in total. The van der Waals surface area contributed by atoms with E-state index in [4.69, 9.17) is 9.47 Å². The van der Waals surface area contributed by atoms with Gasteiger partial charge in [0.2, 0.25) is 0 Å². The fourth-order valence-electron chi connectivity index (χ4n) is 1.57. The maximum atomic E-state index is 11.7. The van der Waals surface area contributed by atoms with E-state index >= 15 is 0 Å². The zero-order valence-corrected chi connectivity index (χ0v) is 13.9. The fraction of sp³-hybridized carbons (Fsp3) is 0.875. The molecule has 0 fully saturated rings. The molecule has 0 bridgehead atoms. The molecule has 0 unspecified atom stereocenters. The van der Waals surface area contributed by atoms with E-state index in [2.05, 4.69) is 6.92 Å². The molecule has 0 rings (SSSR count). The second-order valence-corrected chi connectivity index (χ2v) is 6.50. The topological polar surface area (TPSA) is 52.6 Å². The zero-order chi connectivity index (χ0) is 15.8. The van der Waals surface area contributed by atoms with Crippen LogP contribution >= 0.6 is 0 Å². The van der Waals surface area contributed by atoms with Gasteiger partial charge in [0, 0.05) is 19.3 Å². The van der Waals surface area contributed by atoms with Gasteiger partial charge in [-0.25, -0.2) is 0 Å². The second-order valence-electron chi connectivity index (χ2n) is 6.50. The van der Waals surface area contributed by atoms with E-state index in [-0.39, 0.29) is 17.4 Å². The molecule has 118 valence electrons. The molecule has 0 heterocycles. The predicted molar refractivity (Wildman–Crippen MR) is 79.6 cm³/mol. The Labute approximate surface area is 123 Å². The lowest BCUT2D eigenvalue weighted by Crippen LogP contribution is -2.32. The second kappa shape index (κ2) is 8.40. The molecule has 0 spiro atoms. The van der Waals surface area contributed by atoms with Crippen molar-refractivity contribution < 1.29 is 19.1 Å². The van der Waals surface area contributed by atoms with E-state index in [9.17, 15) is 9.59 Å². The Kier molecular flexibility index (Phi) is 8.02. The Balaban J connectivity index is 3.99. The van der Waals surface area contributed by atoms with E-state index < -0.39 is 5.60 Å². The van der Waals surface area contributed by atoms with Crippen LogP contribution in [0.3, 0.4) is 0 Å². The first kappa shape index (κ1) is 19.1. The van der Waals surface area contributed by atoms with Crippen LogP contribution in [0.4, 0.5) is 0 Å². The summed E-state index contributed by atoms with van der Waals surface area (Å²) in [6.07, 6.45) is 2.89. The monoisotopic (exact) mass is 286 g/mol. The summed E-state index contributed by atoms with van der Waals surface area (Å²) >= 11 is 0. The lowest BCUT2D eigenvalue weighted by atomic mass is 10.0. The number of ether oxygens (including phenoxy) is 2. The van der Waals surface area contributed by atoms with Gasteiger partial charge in [0.25, 0.3) is 0 Å². The van der Waals surface area contributed by atoms with Gasteiger partial charge >= 0.3 is 5.97 Å². The summed E-state index contributed by atoms with van der Waals surface area (Å²) in [6, 6.07) is 0. The number of hydrogen-bond acceptors (Lipinski definition) is 4. The molecule has 0 aliphatic carbocycles. The highest BCUT2D eigenvalue weighted by molar-refractivity contribution is 5.76. The van der Waals surface area contributed by atoms with E-state index in [1.165, 1.54) is 6.92 Å². The minimum absolute atomic E-state index is 0.104. The van der Waals surface area contributed by atoms with Gasteiger partial charge in [-0.3, -0.25) is 4.79 Å². The van der Waals surface area contributed by atoms with Crippen molar-refractivity contribution in [2.45, 2.75) is 84.8 Å². The Bertz CT molecular complexity index is 318. The molecule has 0 amide bonds. The highest BCUT2D eigenvalue weighted by Gasteiger charge is 2.24. The summed E-state index contributed by atoms with van der Waals surface area (Å²) in [6.45, 7) is 12.1. The largest absolute Gasteiger partial charge is 0.460 e. The number of rotatable bonds is 10. The molecule has 0 aromatic carbocycles. The van der Waals surface area contributed by atoms with E-state index in [1.807, 2.05) is 27.7 Å². The standard InChI is InChI=1S/C16H30O4/c1-7-15(3,4)19-12-11-16(5,6)20-14(18)10-8-9-13(2)17/h7-12H2,1-6H3. The maximum absolute atomic E-state index is 11.7. The van der Waals surface area contributed by atoms with Gasteiger partial charge in [-0.05, 0) is 47.5 Å². The lowest BCUT2D eigenvalue weighted by Gasteiger charge is -2.29. The van der Waals surface area contributed by atoms with Crippen LogP contribution in [0.25, 0.3) is 0 Å². The molecule has 4 heteroatoms. The lowest BCUT2D eigenvalue weighted by molar-refractivity contribution is -0.159. The van der Waals surface area contributed by atoms with E-state index in [0.717, 1.165) is 6.42 Å². The van der Waals surface area contributed by atoms with Crippen molar-refractivity contribution in [3.05, 3.63) is 0 Å². The first-order valence-electron chi connectivity index (χ1n) is 7.43. The summed E-state index contributed by atoms with van der Waals surface area (Å²) in [7, 11) is 0. The number of hydrogen-bond donors (Lipinski definition) is 0. The Morgan fingerprint density at radius 1 is 1.00 bits per heavy atom. The Morgan fingerprint density at radius 2 is 1.60 bits per heavy atom. The molecule has 0 aromatic heterocycles. The van der Waals surface area contributed by atoms with Crippen LogP contribution < -0.4 is 0 Å². The van der Waals surface area contributed by atoms with Crippen LogP contribution in [0.1, 0.15) is 73.6 Å². The van der Waals surface area contributed by atoms with Crippen LogP contribution in [0.2, 0.25) is 0 Å². The highest BCUT2D eigenvalue weighted by Crippen LogP contribution is 2.20. The van der Waals surface area contributed by atoms with Crippen LogP contribution in [-0.2, 0) is 19.1 Å². The van der Waals surface area contributed by atoms with Gasteiger partial charge in [0.15, 0.2) is 0 Å². The van der Waals surface area contributed by atoms with Crippen molar-refractivity contribution in [2.75, 3.05) is 6.61 Å². The molecule has 0 aliphatic rings. The van der Waals surface area contributed by atoms with Crippen LogP contribution in [0.5, 0.6) is 0 Å². The summed E-state index contributed by atoms with van der Waals surface area (Å²) in [5.41, 5.74) is -0.668. The van der Waals surface area contributed by atoms with Crippen molar-refractivity contribution in [3.8, 4) is 0 Å².